The van der Waals surface area contributed by atoms with Gasteiger partial charge in [-0.05, 0) is 24.9 Å². The van der Waals surface area contributed by atoms with Crippen molar-refractivity contribution in [2.75, 3.05) is 6.54 Å². The minimum atomic E-state index is 0.636. The number of hydrogen-bond donors (Lipinski definition) is 1. The van der Waals surface area contributed by atoms with Crippen LogP contribution in [0.1, 0.15) is 43.2 Å². The highest BCUT2D eigenvalue weighted by Gasteiger charge is 2.22. The van der Waals surface area contributed by atoms with E-state index < -0.39 is 0 Å². The van der Waals surface area contributed by atoms with E-state index in [9.17, 15) is 0 Å². The Morgan fingerprint density at radius 3 is 2.92 bits per heavy atom. The quantitative estimate of drug-likeness (QED) is 0.747. The maximum absolute atomic E-state index is 6.00. The summed E-state index contributed by atoms with van der Waals surface area (Å²) in [6.07, 6.45) is 4.10. The van der Waals surface area contributed by atoms with Crippen molar-refractivity contribution in [1.29, 1.82) is 0 Å². The second kappa shape index (κ2) is 7.00. The molecule has 1 aromatic carbocycles. The first kappa shape index (κ1) is 16.3. The van der Waals surface area contributed by atoms with Crippen molar-refractivity contribution < 1.29 is 4.42 Å². The molecule has 3 aromatic rings. The summed E-state index contributed by atoms with van der Waals surface area (Å²) in [5.74, 6) is 4.01. The topological polar surface area (TPSA) is 55.9 Å². The van der Waals surface area contributed by atoms with E-state index in [0.717, 1.165) is 61.9 Å². The average Bonchev–Trinajstić information content (AvgIpc) is 3.22. The number of rotatable bonds is 6. The van der Waals surface area contributed by atoms with Crippen LogP contribution in [-0.2, 0) is 32.4 Å². The molecule has 132 valence electrons. The van der Waals surface area contributed by atoms with Gasteiger partial charge in [-0.3, -0.25) is 0 Å². The Balaban J connectivity index is 1.42. The molecule has 1 unspecified atom stereocenters. The summed E-state index contributed by atoms with van der Waals surface area (Å²) in [5, 5.41) is 13.5. The Kier molecular flexibility index (Phi) is 4.57. The molecule has 1 aliphatic rings. The third kappa shape index (κ3) is 3.09. The van der Waals surface area contributed by atoms with Crippen LogP contribution in [0.4, 0.5) is 0 Å². The number of nitrogens with zero attached hydrogens (tertiary/aromatic N) is 3. The molecule has 4 rings (SSSR count). The standard InChI is InChI=1S/C20H26N4O/c1-3-17-16(15-7-5-6-8-18(15)25-17)12-21-11-14-9-10-20-23-22-19(4-2)24(20)13-14/h5-8,14,21H,3-4,9-13H2,1-2H3. The van der Waals surface area contributed by atoms with E-state index in [1.165, 1.54) is 17.4 Å². The Hall–Kier alpha value is -2.14. The van der Waals surface area contributed by atoms with Crippen LogP contribution in [0.25, 0.3) is 11.0 Å². The summed E-state index contributed by atoms with van der Waals surface area (Å²) in [4.78, 5) is 0. The second-order valence-electron chi connectivity index (χ2n) is 6.89. The van der Waals surface area contributed by atoms with E-state index in [1.54, 1.807) is 0 Å². The molecule has 0 spiro atoms. The van der Waals surface area contributed by atoms with E-state index in [2.05, 4.69) is 52.1 Å². The number of benzene rings is 1. The number of aromatic nitrogens is 3. The van der Waals surface area contributed by atoms with Gasteiger partial charge in [0, 0.05) is 43.3 Å². The van der Waals surface area contributed by atoms with Crippen molar-refractivity contribution in [1.82, 2.24) is 20.1 Å². The predicted molar refractivity (Wildman–Crippen MR) is 98.5 cm³/mol. The van der Waals surface area contributed by atoms with Gasteiger partial charge in [-0.2, -0.15) is 0 Å². The van der Waals surface area contributed by atoms with E-state index in [4.69, 9.17) is 4.42 Å². The highest BCUT2D eigenvalue weighted by molar-refractivity contribution is 5.82. The van der Waals surface area contributed by atoms with E-state index in [-0.39, 0.29) is 0 Å². The Morgan fingerprint density at radius 1 is 1.20 bits per heavy atom. The molecule has 1 atom stereocenters. The van der Waals surface area contributed by atoms with Crippen molar-refractivity contribution >= 4 is 11.0 Å². The molecule has 0 radical (unpaired) electrons. The second-order valence-corrected chi connectivity index (χ2v) is 6.89. The van der Waals surface area contributed by atoms with Gasteiger partial charge in [-0.15, -0.1) is 10.2 Å². The van der Waals surface area contributed by atoms with E-state index in [1.807, 2.05) is 6.07 Å². The molecule has 1 aliphatic heterocycles. The molecule has 0 amide bonds. The monoisotopic (exact) mass is 338 g/mol. The smallest absolute Gasteiger partial charge is 0.134 e. The van der Waals surface area contributed by atoms with Gasteiger partial charge in [-0.25, -0.2) is 0 Å². The molecule has 0 fully saturated rings. The van der Waals surface area contributed by atoms with Gasteiger partial charge in [-0.1, -0.05) is 32.0 Å². The summed E-state index contributed by atoms with van der Waals surface area (Å²) in [5.41, 5.74) is 2.31. The summed E-state index contributed by atoms with van der Waals surface area (Å²) in [6.45, 7) is 7.22. The van der Waals surface area contributed by atoms with Crippen LogP contribution in [0.15, 0.2) is 28.7 Å². The van der Waals surface area contributed by atoms with Crippen LogP contribution < -0.4 is 5.32 Å². The fourth-order valence-electron chi connectivity index (χ4n) is 3.91. The van der Waals surface area contributed by atoms with E-state index in [0.29, 0.717) is 5.92 Å². The SMILES string of the molecule is CCc1oc2ccccc2c1CNCC1CCc2nnc(CC)n2C1. The normalized spacial score (nSPS) is 17.1. The van der Waals surface area contributed by atoms with Crippen molar-refractivity contribution in [2.45, 2.75) is 52.6 Å². The summed E-state index contributed by atoms with van der Waals surface area (Å²) >= 11 is 0. The fourth-order valence-corrected chi connectivity index (χ4v) is 3.91. The average molecular weight is 338 g/mol. The van der Waals surface area contributed by atoms with Gasteiger partial charge in [0.2, 0.25) is 0 Å². The largest absolute Gasteiger partial charge is 0.461 e. The first-order chi connectivity index (χ1) is 12.3. The van der Waals surface area contributed by atoms with Gasteiger partial charge in [0.05, 0.1) is 0 Å². The zero-order chi connectivity index (χ0) is 17.2. The van der Waals surface area contributed by atoms with Crippen LogP contribution >= 0.6 is 0 Å². The molecule has 2 aromatic heterocycles. The minimum absolute atomic E-state index is 0.636. The predicted octanol–water partition coefficient (Wildman–Crippen LogP) is 3.50. The molecule has 0 aliphatic carbocycles. The van der Waals surface area contributed by atoms with Crippen LogP contribution in [0.5, 0.6) is 0 Å². The lowest BCUT2D eigenvalue weighted by molar-refractivity contribution is 0.342. The summed E-state index contributed by atoms with van der Waals surface area (Å²) in [6, 6.07) is 8.33. The molecular formula is C20H26N4O. The summed E-state index contributed by atoms with van der Waals surface area (Å²) < 4.78 is 8.32. The van der Waals surface area contributed by atoms with Crippen LogP contribution in [-0.4, -0.2) is 21.3 Å². The highest BCUT2D eigenvalue weighted by atomic mass is 16.3. The molecule has 3 heterocycles. The van der Waals surface area contributed by atoms with Crippen molar-refractivity contribution in [3.8, 4) is 0 Å². The highest BCUT2D eigenvalue weighted by Crippen LogP contribution is 2.26. The molecule has 5 heteroatoms. The number of nitrogens with one attached hydrogen (secondary N) is 1. The van der Waals surface area contributed by atoms with Crippen molar-refractivity contribution in [3.05, 3.63) is 47.2 Å². The third-order valence-electron chi connectivity index (χ3n) is 5.28. The van der Waals surface area contributed by atoms with Gasteiger partial charge in [0.15, 0.2) is 0 Å². The molecule has 1 N–H and O–H groups in total. The molecular weight excluding hydrogens is 312 g/mol. The molecule has 0 saturated heterocycles. The van der Waals surface area contributed by atoms with Crippen molar-refractivity contribution in [2.24, 2.45) is 5.92 Å². The first-order valence-electron chi connectivity index (χ1n) is 9.41. The molecule has 5 nitrogen and oxygen atoms in total. The first-order valence-corrected chi connectivity index (χ1v) is 9.41. The van der Waals surface area contributed by atoms with Gasteiger partial charge in [0.25, 0.3) is 0 Å². The minimum Gasteiger partial charge on any atom is -0.461 e. The lowest BCUT2D eigenvalue weighted by atomic mass is 9.99. The Morgan fingerprint density at radius 2 is 2.08 bits per heavy atom. The van der Waals surface area contributed by atoms with Crippen LogP contribution in [0.2, 0.25) is 0 Å². The number of hydrogen-bond acceptors (Lipinski definition) is 4. The van der Waals surface area contributed by atoms with Gasteiger partial charge >= 0.3 is 0 Å². The van der Waals surface area contributed by atoms with E-state index >= 15 is 0 Å². The molecule has 0 bridgehead atoms. The maximum Gasteiger partial charge on any atom is 0.134 e. The maximum atomic E-state index is 6.00. The lowest BCUT2D eigenvalue weighted by Crippen LogP contribution is -2.30. The molecule has 25 heavy (non-hydrogen) atoms. The van der Waals surface area contributed by atoms with Crippen LogP contribution in [0.3, 0.4) is 0 Å². The zero-order valence-corrected chi connectivity index (χ0v) is 15.1. The molecule has 0 saturated carbocycles. The number of aryl methyl sites for hydroxylation is 3. The van der Waals surface area contributed by atoms with Crippen LogP contribution in [0, 0.1) is 5.92 Å². The number of para-hydroxylation sites is 1. The lowest BCUT2D eigenvalue weighted by Gasteiger charge is -2.24. The summed E-state index contributed by atoms with van der Waals surface area (Å²) in [7, 11) is 0. The number of fused-ring (bicyclic) bond motifs is 2. The van der Waals surface area contributed by atoms with Gasteiger partial charge in [0.1, 0.15) is 23.0 Å². The Bertz CT molecular complexity index is 850. The van der Waals surface area contributed by atoms with Gasteiger partial charge < -0.3 is 14.3 Å². The third-order valence-corrected chi connectivity index (χ3v) is 5.28. The fraction of sp³-hybridized carbons (Fsp3) is 0.500. The Labute approximate surface area is 148 Å². The van der Waals surface area contributed by atoms with Crippen molar-refractivity contribution in [3.63, 3.8) is 0 Å². The number of furan rings is 1. The zero-order valence-electron chi connectivity index (χ0n) is 15.1.